The van der Waals surface area contributed by atoms with E-state index in [1.807, 2.05) is 0 Å². The first-order valence-electron chi connectivity index (χ1n) is 4.77. The largest absolute Gasteiger partial charge is 0.411 e. The number of hydrogen-bond acceptors (Lipinski definition) is 6. The highest BCUT2D eigenvalue weighted by Gasteiger charge is 2.27. The lowest BCUT2D eigenvalue weighted by Gasteiger charge is -2.14. The molecule has 0 heterocycles. The topological polar surface area (TPSA) is 113 Å². The summed E-state index contributed by atoms with van der Waals surface area (Å²) >= 11 is 0. The van der Waals surface area contributed by atoms with Crippen LogP contribution in [0.4, 0.5) is 5.69 Å². The van der Waals surface area contributed by atoms with Crippen LogP contribution in [0.2, 0.25) is 0 Å². The van der Waals surface area contributed by atoms with Gasteiger partial charge in [-0.3, -0.25) is 0 Å². The molecule has 4 N–H and O–H groups in total. The Kier molecular flexibility index (Phi) is 4.08. The molecule has 6 nitrogen and oxygen atoms in total. The van der Waals surface area contributed by atoms with Crippen LogP contribution in [-0.2, 0) is 9.84 Å². The van der Waals surface area contributed by atoms with Crippen LogP contribution >= 0.6 is 0 Å². The average Bonchev–Trinajstić information content (AvgIpc) is 2.23. The van der Waals surface area contributed by atoms with Gasteiger partial charge in [0.05, 0.1) is 6.61 Å². The lowest BCUT2D eigenvalue weighted by Crippen LogP contribution is -2.33. The minimum absolute atomic E-state index is 0.123. The van der Waals surface area contributed by atoms with E-state index in [1.165, 1.54) is 6.07 Å². The number of hydrogen-bond donors (Lipinski definition) is 3. The van der Waals surface area contributed by atoms with Gasteiger partial charge in [0.25, 0.3) is 0 Å². The highest BCUT2D eigenvalue weighted by molar-refractivity contribution is 7.92. The van der Waals surface area contributed by atoms with Crippen LogP contribution in [-0.4, -0.2) is 42.6 Å². The maximum atomic E-state index is 11.4. The smallest absolute Gasteiger partial charge is 0.158 e. The number of benzene rings is 1. The first-order chi connectivity index (χ1) is 7.90. The van der Waals surface area contributed by atoms with Crippen molar-refractivity contribution in [2.45, 2.75) is 5.25 Å². The van der Waals surface area contributed by atoms with E-state index in [0.29, 0.717) is 11.3 Å². The minimum Gasteiger partial charge on any atom is -0.411 e. The van der Waals surface area contributed by atoms with Crippen molar-refractivity contribution in [3.8, 4) is 0 Å². The first-order valence-corrected chi connectivity index (χ1v) is 6.73. The number of aliphatic hydroxyl groups excluding tert-OH is 1. The monoisotopic (exact) mass is 258 g/mol. The second kappa shape index (κ2) is 5.15. The molecule has 0 saturated carbocycles. The molecular formula is C10H14N2O4S. The van der Waals surface area contributed by atoms with Gasteiger partial charge in [0, 0.05) is 17.5 Å². The number of oxime groups is 1. The zero-order valence-electron chi connectivity index (χ0n) is 9.24. The van der Waals surface area contributed by atoms with Crippen molar-refractivity contribution < 1.29 is 18.7 Å². The molecule has 0 fully saturated rings. The Bertz CT molecular complexity index is 525. The van der Waals surface area contributed by atoms with Crippen LogP contribution in [0.15, 0.2) is 29.4 Å². The van der Waals surface area contributed by atoms with Crippen molar-refractivity contribution in [3.63, 3.8) is 0 Å². The molecule has 0 aromatic heterocycles. The zero-order chi connectivity index (χ0) is 13.1. The van der Waals surface area contributed by atoms with Crippen LogP contribution in [0.5, 0.6) is 0 Å². The van der Waals surface area contributed by atoms with Crippen LogP contribution in [0.3, 0.4) is 0 Å². The minimum atomic E-state index is -3.57. The van der Waals surface area contributed by atoms with Gasteiger partial charge in [0.2, 0.25) is 0 Å². The maximum absolute atomic E-state index is 11.4. The third-order valence-electron chi connectivity index (χ3n) is 2.28. The molecule has 1 rings (SSSR count). The second-order valence-electron chi connectivity index (χ2n) is 3.61. The van der Waals surface area contributed by atoms with E-state index in [4.69, 9.17) is 16.0 Å². The van der Waals surface area contributed by atoms with Crippen molar-refractivity contribution >= 4 is 21.2 Å². The molecule has 0 aliphatic heterocycles. The van der Waals surface area contributed by atoms with Gasteiger partial charge in [-0.25, -0.2) is 8.42 Å². The van der Waals surface area contributed by atoms with E-state index in [1.54, 1.807) is 18.2 Å². The number of nitrogens with two attached hydrogens (primary N) is 1. The van der Waals surface area contributed by atoms with E-state index in [0.717, 1.165) is 6.26 Å². The lowest BCUT2D eigenvalue weighted by atomic mass is 10.1. The third-order valence-corrected chi connectivity index (χ3v) is 3.68. The quantitative estimate of drug-likeness (QED) is 0.301. The molecule has 17 heavy (non-hydrogen) atoms. The lowest BCUT2D eigenvalue weighted by molar-refractivity contribution is 0.296. The fraction of sp³-hybridized carbons (Fsp3) is 0.300. The summed E-state index contributed by atoms with van der Waals surface area (Å²) in [5.41, 5.74) is 6.20. The molecule has 0 spiro atoms. The molecule has 0 unspecified atom stereocenters. The van der Waals surface area contributed by atoms with Gasteiger partial charge >= 0.3 is 0 Å². The second-order valence-corrected chi connectivity index (χ2v) is 5.84. The summed E-state index contributed by atoms with van der Waals surface area (Å²) in [5.74, 6) is 0. The molecule has 1 aromatic rings. The Balaban J connectivity index is 3.25. The summed E-state index contributed by atoms with van der Waals surface area (Å²) in [5, 5.41) is 19.7. The fourth-order valence-corrected chi connectivity index (χ4v) is 2.29. The standard InChI is InChI=1S/C10H14N2O4S/c1-17(15,16)9(6-13)10(12-14)7-3-2-4-8(11)5-7/h2-5,9,13-14H,6,11H2,1H3/b12-10-/t9-/m0/s1. The summed E-state index contributed by atoms with van der Waals surface area (Å²) in [4.78, 5) is 0. The molecule has 94 valence electrons. The third kappa shape index (κ3) is 3.18. The summed E-state index contributed by atoms with van der Waals surface area (Å²) in [6, 6.07) is 6.25. The summed E-state index contributed by atoms with van der Waals surface area (Å²) in [6.07, 6.45) is 0.964. The predicted molar refractivity (Wildman–Crippen MR) is 64.9 cm³/mol. The van der Waals surface area contributed by atoms with E-state index in [9.17, 15) is 8.42 Å². The molecule has 1 aromatic carbocycles. The van der Waals surface area contributed by atoms with E-state index >= 15 is 0 Å². The number of aliphatic hydroxyl groups is 1. The fourth-order valence-electron chi connectivity index (χ4n) is 1.43. The molecule has 1 atom stereocenters. The molecule has 0 amide bonds. The molecule has 0 saturated heterocycles. The van der Waals surface area contributed by atoms with Crippen LogP contribution < -0.4 is 5.73 Å². The van der Waals surface area contributed by atoms with Crippen LogP contribution in [0.25, 0.3) is 0 Å². The molecule has 0 bridgehead atoms. The maximum Gasteiger partial charge on any atom is 0.158 e. The molecular weight excluding hydrogens is 244 g/mol. The van der Waals surface area contributed by atoms with E-state index in [2.05, 4.69) is 5.16 Å². The van der Waals surface area contributed by atoms with Crippen molar-refractivity contribution in [3.05, 3.63) is 29.8 Å². The summed E-state index contributed by atoms with van der Waals surface area (Å²) in [7, 11) is -3.57. The SMILES string of the molecule is CS(=O)(=O)[C@@H](CO)/C(=N\O)c1cccc(N)c1. The number of anilines is 1. The highest BCUT2D eigenvalue weighted by atomic mass is 32.2. The normalized spacial score (nSPS) is 14.6. The Morgan fingerprint density at radius 3 is 2.59 bits per heavy atom. The van der Waals surface area contributed by atoms with Crippen molar-refractivity contribution in [2.75, 3.05) is 18.6 Å². The Labute approximate surface area is 99.3 Å². The first kappa shape index (κ1) is 13.5. The molecule has 7 heteroatoms. The summed E-state index contributed by atoms with van der Waals surface area (Å²) < 4.78 is 22.9. The van der Waals surface area contributed by atoms with Crippen molar-refractivity contribution in [1.29, 1.82) is 0 Å². The van der Waals surface area contributed by atoms with Crippen molar-refractivity contribution in [1.82, 2.24) is 0 Å². The van der Waals surface area contributed by atoms with Gasteiger partial charge in [-0.15, -0.1) is 0 Å². The number of nitrogen functional groups attached to an aromatic ring is 1. The average molecular weight is 258 g/mol. The van der Waals surface area contributed by atoms with E-state index in [-0.39, 0.29) is 5.71 Å². The Morgan fingerprint density at radius 2 is 2.18 bits per heavy atom. The van der Waals surface area contributed by atoms with E-state index < -0.39 is 21.7 Å². The van der Waals surface area contributed by atoms with Crippen LogP contribution in [0.1, 0.15) is 5.56 Å². The van der Waals surface area contributed by atoms with Gasteiger partial charge in [0.1, 0.15) is 11.0 Å². The molecule has 0 radical (unpaired) electrons. The van der Waals surface area contributed by atoms with Crippen LogP contribution in [0, 0.1) is 0 Å². The Hall–Kier alpha value is -1.60. The zero-order valence-corrected chi connectivity index (χ0v) is 10.1. The highest BCUT2D eigenvalue weighted by Crippen LogP contribution is 2.13. The number of sulfone groups is 1. The van der Waals surface area contributed by atoms with Crippen molar-refractivity contribution in [2.24, 2.45) is 5.16 Å². The van der Waals surface area contributed by atoms with Gasteiger partial charge in [-0.05, 0) is 12.1 Å². The van der Waals surface area contributed by atoms with Gasteiger partial charge in [-0.2, -0.15) is 0 Å². The van der Waals surface area contributed by atoms with Gasteiger partial charge < -0.3 is 16.0 Å². The molecule has 0 aliphatic carbocycles. The summed E-state index contributed by atoms with van der Waals surface area (Å²) in [6.45, 7) is -0.660. The van der Waals surface area contributed by atoms with Gasteiger partial charge in [-0.1, -0.05) is 17.3 Å². The number of nitrogens with zero attached hydrogens (tertiary/aromatic N) is 1. The predicted octanol–water partition coefficient (Wildman–Crippen LogP) is -0.147. The number of rotatable bonds is 4. The molecule has 0 aliphatic rings. The Morgan fingerprint density at radius 1 is 1.53 bits per heavy atom. The van der Waals surface area contributed by atoms with Gasteiger partial charge in [0.15, 0.2) is 9.84 Å².